The summed E-state index contributed by atoms with van der Waals surface area (Å²) in [6.45, 7) is 4.42. The van der Waals surface area contributed by atoms with Gasteiger partial charge in [-0.2, -0.15) is 0 Å². The Kier molecular flexibility index (Phi) is 4.09. The minimum atomic E-state index is -0.486. The van der Waals surface area contributed by atoms with Gasteiger partial charge in [0, 0.05) is 21.4 Å². The van der Waals surface area contributed by atoms with Gasteiger partial charge in [-0.3, -0.25) is 0 Å². The molecule has 1 aliphatic carbocycles. The van der Waals surface area contributed by atoms with E-state index in [1.54, 1.807) is 24.3 Å². The maximum atomic E-state index is 14.2. The van der Waals surface area contributed by atoms with Crippen LogP contribution in [-0.4, -0.2) is 6.54 Å². The van der Waals surface area contributed by atoms with Crippen molar-refractivity contribution >= 4 is 11.3 Å². The highest BCUT2D eigenvalue weighted by Crippen LogP contribution is 2.37. The van der Waals surface area contributed by atoms with Crippen LogP contribution in [-0.2, 0) is 12.8 Å². The standard InChI is InChI=1S/C17H19F2NS/c1-3-20-17(12-7-10(2)13(18)9-14(12)19)16-8-11-5-4-6-15(11)21-16/h7-9,17,20H,3-6H2,1-2H3. The van der Waals surface area contributed by atoms with Gasteiger partial charge >= 0.3 is 0 Å². The average molecular weight is 307 g/mol. The number of fused-ring (bicyclic) bond motifs is 1. The molecule has 2 aromatic rings. The maximum absolute atomic E-state index is 14.2. The fourth-order valence-electron chi connectivity index (χ4n) is 2.96. The number of hydrogen-bond acceptors (Lipinski definition) is 2. The zero-order valence-corrected chi connectivity index (χ0v) is 13.1. The molecule has 1 atom stereocenters. The molecule has 0 saturated heterocycles. The Morgan fingerprint density at radius 3 is 2.71 bits per heavy atom. The fraction of sp³-hybridized carbons (Fsp3) is 0.412. The summed E-state index contributed by atoms with van der Waals surface area (Å²) in [6.07, 6.45) is 3.47. The molecule has 0 amide bonds. The van der Waals surface area contributed by atoms with Gasteiger partial charge in [-0.15, -0.1) is 11.3 Å². The molecule has 0 aliphatic heterocycles. The summed E-state index contributed by atoms with van der Waals surface area (Å²) in [5, 5.41) is 3.34. The van der Waals surface area contributed by atoms with Crippen LogP contribution in [0.4, 0.5) is 8.78 Å². The molecule has 112 valence electrons. The van der Waals surface area contributed by atoms with Crippen molar-refractivity contribution in [2.75, 3.05) is 6.54 Å². The van der Waals surface area contributed by atoms with E-state index in [0.717, 1.165) is 30.3 Å². The van der Waals surface area contributed by atoms with Crippen LogP contribution < -0.4 is 5.32 Å². The van der Waals surface area contributed by atoms with Crippen LogP contribution >= 0.6 is 11.3 Å². The first-order chi connectivity index (χ1) is 10.1. The molecular weight excluding hydrogens is 288 g/mol. The van der Waals surface area contributed by atoms with Gasteiger partial charge in [0.05, 0.1) is 6.04 Å². The molecule has 0 fully saturated rings. The van der Waals surface area contributed by atoms with Gasteiger partial charge in [-0.25, -0.2) is 8.78 Å². The molecule has 1 aromatic carbocycles. The molecule has 0 saturated carbocycles. The Bertz CT molecular complexity index is 642. The molecule has 1 aromatic heterocycles. The highest BCUT2D eigenvalue weighted by Gasteiger charge is 2.23. The Labute approximate surface area is 128 Å². The van der Waals surface area contributed by atoms with Gasteiger partial charge in [-0.05, 0) is 56.0 Å². The summed E-state index contributed by atoms with van der Waals surface area (Å²) in [5.74, 6) is -0.960. The molecule has 1 unspecified atom stereocenters. The predicted octanol–water partition coefficient (Wildman–Crippen LogP) is 4.52. The van der Waals surface area contributed by atoms with Gasteiger partial charge in [0.2, 0.25) is 0 Å². The Morgan fingerprint density at radius 2 is 2.00 bits per heavy atom. The zero-order chi connectivity index (χ0) is 15.0. The number of halogens is 2. The lowest BCUT2D eigenvalue weighted by atomic mass is 10.0. The molecule has 1 heterocycles. The van der Waals surface area contributed by atoms with Crippen LogP contribution in [0.3, 0.4) is 0 Å². The first-order valence-corrected chi connectivity index (χ1v) is 8.22. The Balaban J connectivity index is 2.03. The highest BCUT2D eigenvalue weighted by molar-refractivity contribution is 7.12. The minimum absolute atomic E-state index is 0.190. The first-order valence-electron chi connectivity index (χ1n) is 7.40. The van der Waals surface area contributed by atoms with Crippen LogP contribution in [0, 0.1) is 18.6 Å². The summed E-state index contributed by atoms with van der Waals surface area (Å²) in [4.78, 5) is 2.55. The number of benzene rings is 1. The number of nitrogens with one attached hydrogen (secondary N) is 1. The van der Waals surface area contributed by atoms with Crippen molar-refractivity contribution in [3.8, 4) is 0 Å². The molecule has 0 bridgehead atoms. The van der Waals surface area contributed by atoms with Crippen molar-refractivity contribution in [1.82, 2.24) is 5.32 Å². The molecule has 1 nitrogen and oxygen atoms in total. The van der Waals surface area contributed by atoms with Crippen molar-refractivity contribution in [1.29, 1.82) is 0 Å². The summed E-state index contributed by atoms with van der Waals surface area (Å²) in [7, 11) is 0. The van der Waals surface area contributed by atoms with Crippen molar-refractivity contribution in [3.63, 3.8) is 0 Å². The number of hydrogen-bond donors (Lipinski definition) is 1. The predicted molar refractivity (Wildman–Crippen MR) is 83.0 cm³/mol. The summed E-state index contributed by atoms with van der Waals surface area (Å²) in [5.41, 5.74) is 2.42. The molecule has 1 aliphatic rings. The molecule has 4 heteroatoms. The Hall–Kier alpha value is -1.26. The lowest BCUT2D eigenvalue weighted by Gasteiger charge is -2.18. The van der Waals surface area contributed by atoms with Crippen molar-refractivity contribution in [2.45, 2.75) is 39.2 Å². The number of rotatable bonds is 4. The monoisotopic (exact) mass is 307 g/mol. The van der Waals surface area contributed by atoms with Gasteiger partial charge < -0.3 is 5.32 Å². The first kappa shape index (κ1) is 14.7. The molecular formula is C17H19F2NS. The minimum Gasteiger partial charge on any atom is -0.306 e. The normalized spacial score (nSPS) is 15.2. The van der Waals surface area contributed by atoms with Crippen LogP contribution in [0.1, 0.15) is 45.8 Å². The lowest BCUT2D eigenvalue weighted by Crippen LogP contribution is -2.22. The second kappa shape index (κ2) is 5.85. The third kappa shape index (κ3) is 2.74. The van der Waals surface area contributed by atoms with Crippen LogP contribution in [0.15, 0.2) is 18.2 Å². The molecule has 21 heavy (non-hydrogen) atoms. The van der Waals surface area contributed by atoms with E-state index in [1.165, 1.54) is 16.9 Å². The van der Waals surface area contributed by atoms with Gasteiger partial charge in [0.1, 0.15) is 11.6 Å². The van der Waals surface area contributed by atoms with E-state index in [1.807, 2.05) is 6.92 Å². The van der Waals surface area contributed by atoms with Crippen LogP contribution in [0.25, 0.3) is 0 Å². The topological polar surface area (TPSA) is 12.0 Å². The largest absolute Gasteiger partial charge is 0.306 e. The third-order valence-electron chi connectivity index (χ3n) is 4.05. The van der Waals surface area contributed by atoms with Gasteiger partial charge in [0.25, 0.3) is 0 Å². The van der Waals surface area contributed by atoms with E-state index in [-0.39, 0.29) is 6.04 Å². The number of thiophene rings is 1. The molecule has 0 spiro atoms. The second-order valence-corrected chi connectivity index (χ2v) is 6.73. The summed E-state index contributed by atoms with van der Waals surface area (Å²) in [6, 6.07) is 4.63. The van der Waals surface area contributed by atoms with Gasteiger partial charge in [0.15, 0.2) is 0 Å². The van der Waals surface area contributed by atoms with Crippen LogP contribution in [0.5, 0.6) is 0 Å². The zero-order valence-electron chi connectivity index (χ0n) is 12.3. The average Bonchev–Trinajstić information content (AvgIpc) is 3.01. The lowest BCUT2D eigenvalue weighted by molar-refractivity contribution is 0.540. The van der Waals surface area contributed by atoms with E-state index in [2.05, 4.69) is 11.4 Å². The quantitative estimate of drug-likeness (QED) is 0.875. The van der Waals surface area contributed by atoms with E-state index in [9.17, 15) is 8.78 Å². The second-order valence-electron chi connectivity index (χ2n) is 5.56. The SMILES string of the molecule is CCNC(c1cc2c(s1)CCC2)c1cc(C)c(F)cc1F. The Morgan fingerprint density at radius 1 is 1.19 bits per heavy atom. The van der Waals surface area contributed by atoms with Crippen molar-refractivity contribution < 1.29 is 8.78 Å². The van der Waals surface area contributed by atoms with Crippen LogP contribution in [0.2, 0.25) is 0 Å². The van der Waals surface area contributed by atoms with E-state index in [4.69, 9.17) is 0 Å². The maximum Gasteiger partial charge on any atom is 0.131 e. The fourth-order valence-corrected chi connectivity index (χ4v) is 4.32. The van der Waals surface area contributed by atoms with E-state index < -0.39 is 11.6 Å². The van der Waals surface area contributed by atoms with Crippen molar-refractivity contribution in [2.24, 2.45) is 0 Å². The third-order valence-corrected chi connectivity index (χ3v) is 5.35. The highest BCUT2D eigenvalue weighted by atomic mass is 32.1. The van der Waals surface area contributed by atoms with Crippen molar-refractivity contribution in [3.05, 3.63) is 56.3 Å². The van der Waals surface area contributed by atoms with Gasteiger partial charge in [-0.1, -0.05) is 6.92 Å². The molecule has 1 N–H and O–H groups in total. The smallest absolute Gasteiger partial charge is 0.131 e. The van der Waals surface area contributed by atoms with E-state index in [0.29, 0.717) is 11.1 Å². The molecule has 0 radical (unpaired) electrons. The molecule has 3 rings (SSSR count). The summed E-state index contributed by atoms with van der Waals surface area (Å²) < 4.78 is 27.7. The number of aryl methyl sites for hydroxylation is 3. The van der Waals surface area contributed by atoms with E-state index >= 15 is 0 Å². The summed E-state index contributed by atoms with van der Waals surface area (Å²) >= 11 is 1.76.